The summed E-state index contributed by atoms with van der Waals surface area (Å²) in [5.74, 6) is -0.640. The molecule has 35 heavy (non-hydrogen) atoms. The number of aliphatic hydroxyl groups is 3. The van der Waals surface area contributed by atoms with Gasteiger partial charge in [-0.05, 0) is 31.4 Å². The largest absolute Gasteiger partial charge is 0.394 e. The molecule has 1 saturated carbocycles. The number of nitrogens with zero attached hydrogens (tertiary/aromatic N) is 4. The molecule has 1 aliphatic carbocycles. The summed E-state index contributed by atoms with van der Waals surface area (Å²) in [4.78, 5) is 27.4. The first-order chi connectivity index (χ1) is 16.3. The van der Waals surface area contributed by atoms with Gasteiger partial charge in [0.15, 0.2) is 26.2 Å². The van der Waals surface area contributed by atoms with Crippen molar-refractivity contribution in [1.82, 2.24) is 19.7 Å². The summed E-state index contributed by atoms with van der Waals surface area (Å²) < 4.78 is 41.3. The van der Waals surface area contributed by atoms with E-state index < -0.39 is 58.8 Å². The lowest BCUT2D eigenvalue weighted by atomic mass is 10.1. The molecule has 2 unspecified atom stereocenters. The second-order valence-corrected chi connectivity index (χ2v) is 14.2. The van der Waals surface area contributed by atoms with Crippen LogP contribution in [0.1, 0.15) is 38.8 Å². The third-order valence-electron chi connectivity index (χ3n) is 6.66. The van der Waals surface area contributed by atoms with Gasteiger partial charge in [0.2, 0.25) is 5.28 Å². The van der Waals surface area contributed by atoms with Gasteiger partial charge >= 0.3 is 7.60 Å². The second-order valence-electron chi connectivity index (χ2n) is 9.00. The fourth-order valence-corrected chi connectivity index (χ4v) is 7.58. The maximum absolute atomic E-state index is 12.8. The van der Waals surface area contributed by atoms with E-state index in [1.54, 1.807) is 0 Å². The number of fused-ring (bicyclic) bond motifs is 1. The standard InChI is InChI=1S/C18H27ClN5O9PS/c1-18(8-25,34(28,29)30)35(31,32)7-11-12(26)13(27)16(33-11)24-15-10(6-20-24)14(22-17(19)23-15)21-9-4-2-3-5-9/h6,9,11-13,16,25-27H,2-5,7-8H2,1H3,(H,21,22,23)(H2,28,29,30)/t11?,12-,13-,16-,18?/m1/s1. The highest BCUT2D eigenvalue weighted by Crippen LogP contribution is 2.54. The molecule has 2 aromatic rings. The number of anilines is 1. The summed E-state index contributed by atoms with van der Waals surface area (Å²) in [6.45, 7) is -0.651. The van der Waals surface area contributed by atoms with Gasteiger partial charge in [-0.3, -0.25) is 4.57 Å². The van der Waals surface area contributed by atoms with E-state index in [9.17, 15) is 38.1 Å². The van der Waals surface area contributed by atoms with E-state index >= 15 is 0 Å². The number of rotatable bonds is 8. The maximum Gasteiger partial charge on any atom is 0.348 e. The molecule has 0 aromatic carbocycles. The minimum atomic E-state index is -5.31. The SMILES string of the molecule is CC(CO)(P(=O)(O)O)S(=O)(=O)CC1O[C@@H](n2ncc3c(NC4CCCC4)nc(Cl)nc32)[C@H](O)[C@@H]1O. The topological polar surface area (TPSA) is 217 Å². The van der Waals surface area contributed by atoms with Crippen LogP contribution in [0.25, 0.3) is 11.0 Å². The van der Waals surface area contributed by atoms with Crippen molar-refractivity contribution >= 4 is 45.9 Å². The third-order valence-corrected chi connectivity index (χ3v) is 12.0. The van der Waals surface area contributed by atoms with Crippen molar-refractivity contribution in [3.63, 3.8) is 0 Å². The number of aromatic nitrogens is 4. The highest BCUT2D eigenvalue weighted by molar-refractivity contribution is 7.99. The lowest BCUT2D eigenvalue weighted by Gasteiger charge is -2.29. The molecule has 196 valence electrons. The van der Waals surface area contributed by atoms with Gasteiger partial charge in [0.05, 0.1) is 23.9 Å². The Balaban J connectivity index is 1.63. The van der Waals surface area contributed by atoms with Crippen LogP contribution in [-0.4, -0.2) is 94.5 Å². The first kappa shape index (κ1) is 26.6. The molecule has 1 saturated heterocycles. The van der Waals surface area contributed by atoms with Gasteiger partial charge in [-0.25, -0.2) is 13.1 Å². The molecule has 1 aliphatic heterocycles. The van der Waals surface area contributed by atoms with Crippen molar-refractivity contribution in [3.05, 3.63) is 11.5 Å². The van der Waals surface area contributed by atoms with Gasteiger partial charge in [-0.2, -0.15) is 15.1 Å². The molecule has 0 amide bonds. The zero-order valence-corrected chi connectivity index (χ0v) is 21.1. The third kappa shape index (κ3) is 4.69. The Morgan fingerprint density at radius 3 is 2.51 bits per heavy atom. The van der Waals surface area contributed by atoms with Gasteiger partial charge in [0.25, 0.3) is 0 Å². The Morgan fingerprint density at radius 1 is 1.26 bits per heavy atom. The molecule has 14 nitrogen and oxygen atoms in total. The Morgan fingerprint density at radius 2 is 1.91 bits per heavy atom. The first-order valence-corrected chi connectivity index (χ1v) is 14.5. The molecule has 2 aliphatic rings. The first-order valence-electron chi connectivity index (χ1n) is 10.9. The summed E-state index contributed by atoms with van der Waals surface area (Å²) >= 11 is 6.10. The normalized spacial score (nSPS) is 28.0. The van der Waals surface area contributed by atoms with E-state index in [2.05, 4.69) is 20.4 Å². The molecule has 0 radical (unpaired) electrons. The van der Waals surface area contributed by atoms with Crippen LogP contribution in [0.15, 0.2) is 6.20 Å². The van der Waals surface area contributed by atoms with Crippen LogP contribution in [0, 0.1) is 0 Å². The average molecular weight is 556 g/mol. The minimum Gasteiger partial charge on any atom is -0.394 e. The van der Waals surface area contributed by atoms with E-state index in [1.807, 2.05) is 0 Å². The van der Waals surface area contributed by atoms with Crippen LogP contribution in [-0.2, 0) is 19.1 Å². The van der Waals surface area contributed by atoms with Gasteiger partial charge < -0.3 is 35.2 Å². The Kier molecular flexibility index (Phi) is 7.21. The van der Waals surface area contributed by atoms with E-state index in [1.165, 1.54) is 6.20 Å². The highest BCUT2D eigenvalue weighted by atomic mass is 35.5. The summed E-state index contributed by atoms with van der Waals surface area (Å²) in [6, 6.07) is 0.201. The fraction of sp³-hybridized carbons (Fsp3) is 0.722. The lowest BCUT2D eigenvalue weighted by molar-refractivity contribution is -0.0365. The number of aliphatic hydroxyl groups excluding tert-OH is 3. The van der Waals surface area contributed by atoms with Crippen molar-refractivity contribution in [2.75, 3.05) is 17.7 Å². The zero-order chi connectivity index (χ0) is 25.8. The molecule has 6 N–H and O–H groups in total. The quantitative estimate of drug-likeness (QED) is 0.183. The second kappa shape index (κ2) is 9.47. The van der Waals surface area contributed by atoms with Crippen molar-refractivity contribution in [3.8, 4) is 0 Å². The average Bonchev–Trinajstić information content (AvgIpc) is 3.49. The highest BCUT2D eigenvalue weighted by Gasteiger charge is 2.56. The summed E-state index contributed by atoms with van der Waals surface area (Å²) in [5, 5.41) is 38.4. The number of ether oxygens (including phenoxy) is 1. The van der Waals surface area contributed by atoms with E-state index in [0.29, 0.717) is 18.1 Å². The monoisotopic (exact) mass is 555 g/mol. The Labute approximate surface area is 205 Å². The molecular formula is C18H27ClN5O9PS. The Hall–Kier alpha value is -1.42. The predicted molar refractivity (Wildman–Crippen MR) is 123 cm³/mol. The van der Waals surface area contributed by atoms with Crippen molar-refractivity contribution in [2.45, 2.75) is 67.7 Å². The molecule has 2 aromatic heterocycles. The molecule has 17 heteroatoms. The van der Waals surface area contributed by atoms with Crippen LogP contribution in [0.3, 0.4) is 0 Å². The number of nitrogens with one attached hydrogen (secondary N) is 1. The molecule has 5 atom stereocenters. The van der Waals surface area contributed by atoms with Crippen LogP contribution in [0.4, 0.5) is 5.82 Å². The minimum absolute atomic E-state index is 0.104. The van der Waals surface area contributed by atoms with Gasteiger partial charge in [-0.15, -0.1) is 0 Å². The van der Waals surface area contributed by atoms with Crippen LogP contribution >= 0.6 is 19.2 Å². The maximum atomic E-state index is 12.8. The number of hydrogen-bond donors (Lipinski definition) is 6. The number of sulfone groups is 1. The molecule has 4 rings (SSSR count). The number of hydrogen-bond acceptors (Lipinski definition) is 11. The Bertz CT molecular complexity index is 1250. The van der Waals surface area contributed by atoms with E-state index in [0.717, 1.165) is 30.4 Å². The summed E-state index contributed by atoms with van der Waals surface area (Å²) in [7, 11) is -10.0. The van der Waals surface area contributed by atoms with E-state index in [-0.39, 0.29) is 17.0 Å². The molecule has 2 fully saturated rings. The van der Waals surface area contributed by atoms with Gasteiger partial charge in [-0.1, -0.05) is 12.8 Å². The van der Waals surface area contributed by atoms with Crippen molar-refractivity contribution < 1.29 is 42.8 Å². The molecule has 3 heterocycles. The number of halogens is 1. The predicted octanol–water partition coefficient (Wildman–Crippen LogP) is -0.246. The van der Waals surface area contributed by atoms with Crippen molar-refractivity contribution in [1.29, 1.82) is 0 Å². The van der Waals surface area contributed by atoms with Crippen molar-refractivity contribution in [2.24, 2.45) is 0 Å². The van der Waals surface area contributed by atoms with Gasteiger partial charge in [0.1, 0.15) is 24.1 Å². The fourth-order valence-electron chi connectivity index (χ4n) is 4.30. The van der Waals surface area contributed by atoms with Gasteiger partial charge in [0, 0.05) is 6.04 Å². The van der Waals surface area contributed by atoms with Crippen LogP contribution in [0.5, 0.6) is 0 Å². The zero-order valence-electron chi connectivity index (χ0n) is 18.6. The van der Waals surface area contributed by atoms with Crippen LogP contribution < -0.4 is 5.32 Å². The lowest BCUT2D eigenvalue weighted by Crippen LogP contribution is -2.45. The molecule has 0 spiro atoms. The van der Waals surface area contributed by atoms with Crippen LogP contribution in [0.2, 0.25) is 5.28 Å². The summed E-state index contributed by atoms with van der Waals surface area (Å²) in [6.07, 6.45) is -0.853. The molecule has 0 bridgehead atoms. The van der Waals surface area contributed by atoms with E-state index in [4.69, 9.17) is 16.3 Å². The smallest absolute Gasteiger partial charge is 0.348 e. The summed E-state index contributed by atoms with van der Waals surface area (Å²) in [5.41, 5.74) is 0.167. The molecular weight excluding hydrogens is 529 g/mol.